The van der Waals surface area contributed by atoms with Gasteiger partial charge in [0, 0.05) is 7.11 Å². The third-order valence-electron chi connectivity index (χ3n) is 2.21. The van der Waals surface area contributed by atoms with Gasteiger partial charge >= 0.3 is 17.9 Å². The van der Waals surface area contributed by atoms with Gasteiger partial charge < -0.3 is 20.1 Å². The SMILES string of the molecule is COC(CC(=O)O)(C(=O)O)C(C)C(=O)O. The normalized spacial score (nSPS) is 16.4. The number of carbonyl (C=O) groups is 3. The maximum atomic E-state index is 10.9. The van der Waals surface area contributed by atoms with E-state index in [0.717, 1.165) is 14.0 Å². The molecule has 0 aromatic heterocycles. The molecule has 0 aliphatic rings. The van der Waals surface area contributed by atoms with Crippen LogP contribution in [0.25, 0.3) is 0 Å². The van der Waals surface area contributed by atoms with Gasteiger partial charge in [-0.1, -0.05) is 0 Å². The lowest BCUT2D eigenvalue weighted by atomic mass is 9.85. The van der Waals surface area contributed by atoms with Crippen molar-refractivity contribution < 1.29 is 34.4 Å². The minimum atomic E-state index is -2.24. The van der Waals surface area contributed by atoms with Crippen LogP contribution in [0, 0.1) is 5.92 Å². The largest absolute Gasteiger partial charge is 0.481 e. The highest BCUT2D eigenvalue weighted by Crippen LogP contribution is 2.26. The van der Waals surface area contributed by atoms with Gasteiger partial charge in [0.1, 0.15) is 0 Å². The molecular formula is C8H12O7. The maximum Gasteiger partial charge on any atom is 0.337 e. The molecule has 0 aromatic carbocycles. The van der Waals surface area contributed by atoms with Crippen molar-refractivity contribution in [2.24, 2.45) is 5.92 Å². The molecule has 0 heterocycles. The van der Waals surface area contributed by atoms with Gasteiger partial charge in [-0.25, -0.2) is 4.79 Å². The summed E-state index contributed by atoms with van der Waals surface area (Å²) in [4.78, 5) is 32.0. The second-order valence-electron chi connectivity index (χ2n) is 3.03. The summed E-state index contributed by atoms with van der Waals surface area (Å²) in [7, 11) is 0.969. The molecule has 15 heavy (non-hydrogen) atoms. The lowest BCUT2D eigenvalue weighted by Crippen LogP contribution is -2.51. The number of aliphatic carboxylic acids is 3. The molecule has 0 saturated heterocycles. The van der Waals surface area contributed by atoms with Gasteiger partial charge in [0.25, 0.3) is 0 Å². The zero-order valence-electron chi connectivity index (χ0n) is 8.26. The van der Waals surface area contributed by atoms with Gasteiger partial charge in [-0.3, -0.25) is 9.59 Å². The fourth-order valence-electron chi connectivity index (χ4n) is 1.17. The Morgan fingerprint density at radius 2 is 1.73 bits per heavy atom. The highest BCUT2D eigenvalue weighted by atomic mass is 16.5. The van der Waals surface area contributed by atoms with E-state index in [-0.39, 0.29) is 0 Å². The van der Waals surface area contributed by atoms with E-state index in [0.29, 0.717) is 0 Å². The summed E-state index contributed by atoms with van der Waals surface area (Å²) >= 11 is 0. The van der Waals surface area contributed by atoms with Gasteiger partial charge in [-0.2, -0.15) is 0 Å². The van der Waals surface area contributed by atoms with E-state index >= 15 is 0 Å². The van der Waals surface area contributed by atoms with Gasteiger partial charge in [0.05, 0.1) is 12.3 Å². The Hall–Kier alpha value is -1.63. The fourth-order valence-corrected chi connectivity index (χ4v) is 1.17. The van der Waals surface area contributed by atoms with Crippen molar-refractivity contribution in [3.8, 4) is 0 Å². The average Bonchev–Trinajstić information content (AvgIpc) is 2.12. The van der Waals surface area contributed by atoms with E-state index in [2.05, 4.69) is 4.74 Å². The first-order chi connectivity index (χ1) is 6.77. The van der Waals surface area contributed by atoms with Crippen LogP contribution in [-0.2, 0) is 19.1 Å². The third kappa shape index (κ3) is 2.66. The molecule has 7 nitrogen and oxygen atoms in total. The van der Waals surface area contributed by atoms with Gasteiger partial charge in [-0.05, 0) is 6.92 Å². The molecule has 0 aliphatic heterocycles. The molecule has 0 aliphatic carbocycles. The summed E-state index contributed by atoms with van der Waals surface area (Å²) in [5.41, 5.74) is -2.24. The van der Waals surface area contributed by atoms with E-state index in [1.165, 1.54) is 0 Å². The predicted octanol–water partition coefficient (Wildman–Crippen LogP) is -0.348. The molecule has 0 amide bonds. The second kappa shape index (κ2) is 4.74. The van der Waals surface area contributed by atoms with Crippen LogP contribution in [0.4, 0.5) is 0 Å². The number of ether oxygens (including phenoxy) is 1. The van der Waals surface area contributed by atoms with Crippen molar-refractivity contribution in [3.63, 3.8) is 0 Å². The first kappa shape index (κ1) is 13.4. The molecule has 0 spiro atoms. The molecule has 0 radical (unpaired) electrons. The fraction of sp³-hybridized carbons (Fsp3) is 0.625. The first-order valence-corrected chi connectivity index (χ1v) is 4.01. The van der Waals surface area contributed by atoms with Gasteiger partial charge in [-0.15, -0.1) is 0 Å². The Kier molecular flexibility index (Phi) is 4.22. The van der Waals surface area contributed by atoms with Crippen LogP contribution in [0.1, 0.15) is 13.3 Å². The molecule has 0 saturated carbocycles. The zero-order valence-corrected chi connectivity index (χ0v) is 8.26. The Labute approximate surface area is 85.3 Å². The summed E-state index contributed by atoms with van der Waals surface area (Å²) in [6.45, 7) is 1.09. The summed E-state index contributed by atoms with van der Waals surface area (Å²) in [6.07, 6.45) is -0.910. The smallest absolute Gasteiger partial charge is 0.337 e. The van der Waals surface area contributed by atoms with E-state index < -0.39 is 35.8 Å². The Balaban J connectivity index is 5.23. The van der Waals surface area contributed by atoms with E-state index in [1.54, 1.807) is 0 Å². The summed E-state index contributed by atoms with van der Waals surface area (Å²) < 4.78 is 4.57. The molecular weight excluding hydrogens is 208 g/mol. The molecule has 0 bridgehead atoms. The van der Waals surface area contributed by atoms with Crippen LogP contribution in [0.5, 0.6) is 0 Å². The average molecular weight is 220 g/mol. The van der Waals surface area contributed by atoms with Crippen molar-refractivity contribution in [2.75, 3.05) is 7.11 Å². The number of carboxylic acid groups (broad SMARTS) is 3. The Morgan fingerprint density at radius 1 is 1.27 bits per heavy atom. The second-order valence-corrected chi connectivity index (χ2v) is 3.03. The van der Waals surface area contributed by atoms with E-state index in [1.807, 2.05) is 0 Å². The van der Waals surface area contributed by atoms with Gasteiger partial charge in [0.2, 0.25) is 0 Å². The van der Waals surface area contributed by atoms with Crippen molar-refractivity contribution in [1.29, 1.82) is 0 Å². The first-order valence-electron chi connectivity index (χ1n) is 4.01. The highest BCUT2D eigenvalue weighted by molar-refractivity contribution is 5.89. The van der Waals surface area contributed by atoms with Crippen LogP contribution in [0.3, 0.4) is 0 Å². The standard InChI is InChI=1S/C8H12O7/c1-4(6(11)12)8(15-2,7(13)14)3-5(9)10/h4H,3H2,1-2H3,(H,9,10)(H,11,12)(H,13,14). The van der Waals surface area contributed by atoms with Crippen LogP contribution >= 0.6 is 0 Å². The topological polar surface area (TPSA) is 121 Å². The summed E-state index contributed by atoms with van der Waals surface area (Å²) in [5.74, 6) is -5.94. The molecule has 0 aromatic rings. The summed E-state index contributed by atoms with van der Waals surface area (Å²) in [6, 6.07) is 0. The van der Waals surface area contributed by atoms with Crippen molar-refractivity contribution in [3.05, 3.63) is 0 Å². The number of methoxy groups -OCH3 is 1. The molecule has 0 fully saturated rings. The molecule has 2 unspecified atom stereocenters. The van der Waals surface area contributed by atoms with Crippen molar-refractivity contribution in [1.82, 2.24) is 0 Å². The van der Waals surface area contributed by atoms with E-state index in [9.17, 15) is 14.4 Å². The van der Waals surface area contributed by atoms with Crippen molar-refractivity contribution >= 4 is 17.9 Å². The zero-order chi connectivity index (χ0) is 12.2. The quantitative estimate of drug-likeness (QED) is 0.559. The predicted molar refractivity (Wildman–Crippen MR) is 46.4 cm³/mol. The molecule has 3 N–H and O–H groups in total. The monoisotopic (exact) mass is 220 g/mol. The number of hydrogen-bond donors (Lipinski definition) is 3. The Bertz CT molecular complexity index is 285. The lowest BCUT2D eigenvalue weighted by Gasteiger charge is -2.29. The minimum Gasteiger partial charge on any atom is -0.481 e. The Morgan fingerprint density at radius 3 is 1.93 bits per heavy atom. The van der Waals surface area contributed by atoms with Crippen molar-refractivity contribution in [2.45, 2.75) is 18.9 Å². The lowest BCUT2D eigenvalue weighted by molar-refractivity contribution is -0.182. The minimum absolute atomic E-state index is 0.910. The molecule has 7 heteroatoms. The number of rotatable bonds is 6. The molecule has 2 atom stereocenters. The molecule has 86 valence electrons. The van der Waals surface area contributed by atoms with Crippen LogP contribution < -0.4 is 0 Å². The number of carboxylic acids is 3. The number of hydrogen-bond acceptors (Lipinski definition) is 4. The molecule has 0 rings (SSSR count). The van der Waals surface area contributed by atoms with Gasteiger partial charge in [0.15, 0.2) is 5.60 Å². The summed E-state index contributed by atoms with van der Waals surface area (Å²) in [5, 5.41) is 26.0. The highest BCUT2D eigenvalue weighted by Gasteiger charge is 2.49. The maximum absolute atomic E-state index is 10.9. The van der Waals surface area contributed by atoms with E-state index in [4.69, 9.17) is 15.3 Å². The van der Waals surface area contributed by atoms with Crippen LogP contribution in [0.15, 0.2) is 0 Å². The third-order valence-corrected chi connectivity index (χ3v) is 2.21. The van der Waals surface area contributed by atoms with Crippen LogP contribution in [0.2, 0.25) is 0 Å². The van der Waals surface area contributed by atoms with Crippen LogP contribution in [-0.4, -0.2) is 45.9 Å².